The molecule has 0 fully saturated rings. The van der Waals surface area contributed by atoms with Crippen molar-refractivity contribution < 1.29 is 37.1 Å². The van der Waals surface area contributed by atoms with Crippen LogP contribution in [0, 0.1) is 0 Å². The Morgan fingerprint density at radius 1 is 1.11 bits per heavy atom. The van der Waals surface area contributed by atoms with E-state index in [-0.39, 0.29) is 37.9 Å². The van der Waals surface area contributed by atoms with E-state index in [4.69, 9.17) is 28.7 Å². The Morgan fingerprint density at radius 3 is 2.18 bits per heavy atom. The van der Waals surface area contributed by atoms with Crippen molar-refractivity contribution in [3.05, 3.63) is 29.6 Å². The van der Waals surface area contributed by atoms with Crippen LogP contribution in [0.1, 0.15) is 33.5 Å². The second-order valence-corrected chi connectivity index (χ2v) is 6.85. The highest BCUT2D eigenvalue weighted by Crippen LogP contribution is 2.58. The molecular formula is C16H26N3O8P. The molecule has 0 aliphatic rings. The molecule has 0 aliphatic carbocycles. The normalized spacial score (nSPS) is 12.1. The van der Waals surface area contributed by atoms with Gasteiger partial charge in [-0.3, -0.25) is 4.57 Å². The van der Waals surface area contributed by atoms with E-state index in [9.17, 15) is 14.2 Å². The molecule has 0 bridgehead atoms. The van der Waals surface area contributed by atoms with Gasteiger partial charge in [-0.05, 0) is 39.8 Å². The minimum absolute atomic E-state index is 0.0255. The van der Waals surface area contributed by atoms with Gasteiger partial charge < -0.3 is 28.7 Å². The van der Waals surface area contributed by atoms with E-state index >= 15 is 0 Å². The lowest BCUT2D eigenvalue weighted by Gasteiger charge is -2.29. The van der Waals surface area contributed by atoms with Crippen LogP contribution >= 0.6 is 7.60 Å². The van der Waals surface area contributed by atoms with Gasteiger partial charge in [0.25, 0.3) is 0 Å². The predicted octanol–water partition coefficient (Wildman–Crippen LogP) is 3.25. The highest BCUT2D eigenvalue weighted by atomic mass is 31.2. The average Bonchev–Trinajstić information content (AvgIpc) is 3.16. The van der Waals surface area contributed by atoms with Gasteiger partial charge in [0.15, 0.2) is 11.2 Å². The maximum absolute atomic E-state index is 13.5. The van der Waals surface area contributed by atoms with Crippen LogP contribution in [0.5, 0.6) is 0 Å². The Hall–Kier alpha value is -2.49. The second-order valence-electron chi connectivity index (χ2n) is 4.91. The third kappa shape index (κ3) is 6.01. The SMILES string of the molecule is CCOC(=O)NN(C(=O)OCC)/C(=C(\N)c1ccco1)P(=O)(OCC)OCC. The largest absolute Gasteiger partial charge is 0.463 e. The lowest BCUT2D eigenvalue weighted by Crippen LogP contribution is -2.47. The maximum Gasteiger partial charge on any atom is 0.433 e. The number of carbonyl (C=O) groups excluding carboxylic acids is 2. The number of hydrazine groups is 1. The minimum Gasteiger partial charge on any atom is -0.463 e. The number of ether oxygens (including phenoxy) is 2. The molecule has 1 heterocycles. The molecule has 1 rings (SSSR count). The smallest absolute Gasteiger partial charge is 0.433 e. The van der Waals surface area contributed by atoms with E-state index in [0.29, 0.717) is 5.01 Å². The van der Waals surface area contributed by atoms with E-state index in [0.717, 1.165) is 0 Å². The highest BCUT2D eigenvalue weighted by molar-refractivity contribution is 7.58. The molecule has 28 heavy (non-hydrogen) atoms. The Kier molecular flexibility index (Phi) is 9.57. The molecule has 0 atom stereocenters. The zero-order valence-electron chi connectivity index (χ0n) is 16.3. The molecule has 0 aromatic carbocycles. The first kappa shape index (κ1) is 23.5. The summed E-state index contributed by atoms with van der Waals surface area (Å²) in [6.07, 6.45) is -0.737. The Labute approximate surface area is 163 Å². The van der Waals surface area contributed by atoms with Crippen LogP contribution in [-0.4, -0.2) is 43.6 Å². The first-order valence-corrected chi connectivity index (χ1v) is 10.2. The highest BCUT2D eigenvalue weighted by Gasteiger charge is 2.42. The summed E-state index contributed by atoms with van der Waals surface area (Å²) in [5, 5.41) is 0.547. The molecular weight excluding hydrogens is 393 g/mol. The summed E-state index contributed by atoms with van der Waals surface area (Å²) < 4.78 is 39.1. The van der Waals surface area contributed by atoms with Crippen molar-refractivity contribution in [1.29, 1.82) is 0 Å². The zero-order chi connectivity index (χ0) is 21.2. The number of hydrogen-bond acceptors (Lipinski definition) is 9. The molecule has 0 saturated carbocycles. The quantitative estimate of drug-likeness (QED) is 0.455. The molecule has 1 aromatic rings. The van der Waals surface area contributed by atoms with Crippen molar-refractivity contribution in [2.45, 2.75) is 27.7 Å². The zero-order valence-corrected chi connectivity index (χ0v) is 17.2. The first-order valence-electron chi connectivity index (χ1n) is 8.68. The minimum atomic E-state index is -4.19. The predicted molar refractivity (Wildman–Crippen MR) is 99.7 cm³/mol. The van der Waals surface area contributed by atoms with E-state index in [2.05, 4.69) is 5.43 Å². The number of rotatable bonds is 9. The lowest BCUT2D eigenvalue weighted by molar-refractivity contribution is 0.0877. The third-order valence-corrected chi connectivity index (χ3v) is 5.18. The van der Waals surface area contributed by atoms with Gasteiger partial charge in [0.1, 0.15) is 5.70 Å². The molecule has 12 heteroatoms. The average molecular weight is 419 g/mol. The molecule has 0 radical (unpaired) electrons. The summed E-state index contributed by atoms with van der Waals surface area (Å²) in [6.45, 7) is 6.26. The van der Waals surface area contributed by atoms with Crippen LogP contribution in [0.25, 0.3) is 5.70 Å². The molecule has 1 aromatic heterocycles. The Balaban J connectivity index is 3.62. The summed E-state index contributed by atoms with van der Waals surface area (Å²) in [4.78, 5) is 24.5. The molecule has 0 spiro atoms. The summed E-state index contributed by atoms with van der Waals surface area (Å²) >= 11 is 0. The fourth-order valence-electron chi connectivity index (χ4n) is 2.06. The van der Waals surface area contributed by atoms with Crippen molar-refractivity contribution in [2.75, 3.05) is 26.4 Å². The molecule has 11 nitrogen and oxygen atoms in total. The Morgan fingerprint density at radius 2 is 1.71 bits per heavy atom. The van der Waals surface area contributed by atoms with Crippen molar-refractivity contribution in [2.24, 2.45) is 5.73 Å². The van der Waals surface area contributed by atoms with Crippen LogP contribution < -0.4 is 11.2 Å². The van der Waals surface area contributed by atoms with Gasteiger partial charge in [0.05, 0.1) is 32.7 Å². The van der Waals surface area contributed by atoms with Crippen LogP contribution in [0.3, 0.4) is 0 Å². The van der Waals surface area contributed by atoms with Gasteiger partial charge in [0.2, 0.25) is 0 Å². The lowest BCUT2D eigenvalue weighted by atomic mass is 10.3. The molecule has 158 valence electrons. The van der Waals surface area contributed by atoms with Crippen LogP contribution in [0.2, 0.25) is 0 Å². The van der Waals surface area contributed by atoms with Gasteiger partial charge in [-0.15, -0.1) is 0 Å². The summed E-state index contributed by atoms with van der Waals surface area (Å²) in [7, 11) is -4.19. The van der Waals surface area contributed by atoms with Crippen LogP contribution in [0.4, 0.5) is 9.59 Å². The van der Waals surface area contributed by atoms with Crippen molar-refractivity contribution in [1.82, 2.24) is 10.4 Å². The fraction of sp³-hybridized carbons (Fsp3) is 0.500. The van der Waals surface area contributed by atoms with E-state index in [1.54, 1.807) is 33.8 Å². The number of hydrogen-bond donors (Lipinski definition) is 2. The van der Waals surface area contributed by atoms with E-state index < -0.39 is 25.2 Å². The Bertz CT molecular complexity index is 709. The second kappa shape index (κ2) is 11.4. The van der Waals surface area contributed by atoms with Gasteiger partial charge in [-0.25, -0.2) is 15.0 Å². The summed E-state index contributed by atoms with van der Waals surface area (Å²) in [6, 6.07) is 3.02. The third-order valence-electron chi connectivity index (χ3n) is 3.03. The fourth-order valence-corrected chi connectivity index (χ4v) is 3.84. The van der Waals surface area contributed by atoms with E-state index in [1.807, 2.05) is 0 Å². The molecule has 3 N–H and O–H groups in total. The summed E-state index contributed by atoms with van der Waals surface area (Å²) in [5.74, 6) is 0.0783. The monoisotopic (exact) mass is 419 g/mol. The number of nitrogens with two attached hydrogens (primary N) is 1. The molecule has 0 aliphatic heterocycles. The molecule has 2 amide bonds. The first-order chi connectivity index (χ1) is 13.3. The van der Waals surface area contributed by atoms with Gasteiger partial charge in [-0.2, -0.15) is 5.01 Å². The van der Waals surface area contributed by atoms with Crippen molar-refractivity contribution in [3.8, 4) is 0 Å². The van der Waals surface area contributed by atoms with Gasteiger partial charge in [-0.1, -0.05) is 0 Å². The van der Waals surface area contributed by atoms with Crippen molar-refractivity contribution in [3.63, 3.8) is 0 Å². The summed E-state index contributed by atoms with van der Waals surface area (Å²) in [5.41, 5.74) is 7.57. The van der Waals surface area contributed by atoms with Crippen molar-refractivity contribution >= 4 is 25.5 Å². The standard InChI is InChI=1S/C16H26N3O8P/c1-5-23-15(20)18-19(16(21)24-6-2)14(13(17)12-10-9-11-25-12)28(22,26-7-3)27-8-4/h9-11H,5-8,17H2,1-4H3,(H,18,20)/b14-13+. The number of nitrogens with zero attached hydrogens (tertiary/aromatic N) is 1. The number of carbonyl (C=O) groups is 2. The van der Waals surface area contributed by atoms with Crippen LogP contribution in [-0.2, 0) is 23.1 Å². The van der Waals surface area contributed by atoms with Gasteiger partial charge in [0, 0.05) is 0 Å². The molecule has 0 saturated heterocycles. The van der Waals surface area contributed by atoms with Crippen LogP contribution in [0.15, 0.2) is 28.3 Å². The van der Waals surface area contributed by atoms with E-state index in [1.165, 1.54) is 12.3 Å². The number of amides is 2. The maximum atomic E-state index is 13.5. The number of furan rings is 1. The molecule has 0 unspecified atom stereocenters. The number of nitrogens with one attached hydrogen (secondary N) is 1. The topological polar surface area (TPSA) is 143 Å². The van der Waals surface area contributed by atoms with Gasteiger partial charge >= 0.3 is 19.8 Å².